The van der Waals surface area contributed by atoms with Gasteiger partial charge in [-0.05, 0) is 58.2 Å². The molecule has 8 nitrogen and oxygen atoms in total. The van der Waals surface area contributed by atoms with Gasteiger partial charge in [0.05, 0.1) is 16.9 Å². The minimum atomic E-state index is -0.358. The van der Waals surface area contributed by atoms with E-state index in [2.05, 4.69) is 49.8 Å². The number of nitrogens with zero attached hydrogens (tertiary/aromatic N) is 6. The van der Waals surface area contributed by atoms with Crippen LogP contribution in [0, 0.1) is 12.7 Å². The van der Waals surface area contributed by atoms with Crippen molar-refractivity contribution in [1.82, 2.24) is 24.6 Å². The molecule has 1 saturated heterocycles. The Morgan fingerprint density at radius 1 is 1.12 bits per heavy atom. The Bertz CT molecular complexity index is 1130. The van der Waals surface area contributed by atoms with Gasteiger partial charge in [-0.3, -0.25) is 4.68 Å². The number of aryl methyl sites for hydroxylation is 1. The summed E-state index contributed by atoms with van der Waals surface area (Å²) in [6.07, 6.45) is 7.08. The molecule has 9 heteroatoms. The molecule has 2 aliphatic rings. The molecule has 0 spiro atoms. The zero-order chi connectivity index (χ0) is 23.7. The van der Waals surface area contributed by atoms with E-state index >= 15 is 0 Å². The first-order valence-corrected chi connectivity index (χ1v) is 12.4. The molecular weight excluding hydrogens is 433 g/mol. The van der Waals surface area contributed by atoms with E-state index in [4.69, 9.17) is 9.84 Å². The number of halogens is 1. The van der Waals surface area contributed by atoms with Crippen molar-refractivity contribution in [3.05, 3.63) is 35.9 Å². The number of fused-ring (bicyclic) bond motifs is 1. The van der Waals surface area contributed by atoms with Crippen LogP contribution in [0.2, 0.25) is 0 Å². The second kappa shape index (κ2) is 9.74. The molecule has 0 amide bonds. The molecule has 34 heavy (non-hydrogen) atoms. The average Bonchev–Trinajstić information content (AvgIpc) is 3.22. The zero-order valence-electron chi connectivity index (χ0n) is 20.3. The Kier molecular flexibility index (Phi) is 6.54. The van der Waals surface area contributed by atoms with Crippen LogP contribution in [0.25, 0.3) is 10.9 Å². The van der Waals surface area contributed by atoms with E-state index in [1.165, 1.54) is 0 Å². The van der Waals surface area contributed by atoms with Crippen LogP contribution in [0.5, 0.6) is 5.88 Å². The highest BCUT2D eigenvalue weighted by atomic mass is 19.1. The second-order valence-electron chi connectivity index (χ2n) is 9.47. The van der Waals surface area contributed by atoms with Crippen molar-refractivity contribution in [2.75, 3.05) is 50.0 Å². The van der Waals surface area contributed by atoms with Crippen LogP contribution >= 0.6 is 0 Å². The molecule has 182 valence electrons. The molecule has 0 aromatic carbocycles. The number of ether oxygens (including phenoxy) is 1. The zero-order valence-corrected chi connectivity index (χ0v) is 20.3. The van der Waals surface area contributed by atoms with Crippen LogP contribution in [0.1, 0.15) is 44.2 Å². The van der Waals surface area contributed by atoms with E-state index in [0.717, 1.165) is 80.9 Å². The van der Waals surface area contributed by atoms with Gasteiger partial charge in [0.2, 0.25) is 0 Å². The molecule has 3 aromatic rings. The number of likely N-dealkylation sites (N-methyl/N-ethyl adjacent to an activating group) is 1. The van der Waals surface area contributed by atoms with Gasteiger partial charge in [-0.15, -0.1) is 0 Å². The molecule has 1 saturated carbocycles. The lowest BCUT2D eigenvalue weighted by Crippen LogP contribution is -2.44. The highest BCUT2D eigenvalue weighted by Gasteiger charge is 2.29. The van der Waals surface area contributed by atoms with Gasteiger partial charge in [0, 0.05) is 51.2 Å². The number of nitrogens with one attached hydrogen (secondary N) is 1. The summed E-state index contributed by atoms with van der Waals surface area (Å²) in [5.74, 6) is 1.66. The van der Waals surface area contributed by atoms with E-state index < -0.39 is 0 Å². The number of anilines is 2. The third kappa shape index (κ3) is 4.53. The molecular formula is C25H34FN7O. The molecule has 0 atom stereocenters. The molecule has 5 rings (SSSR count). The summed E-state index contributed by atoms with van der Waals surface area (Å²) in [6, 6.07) is 4.06. The molecule has 1 N–H and O–H groups in total. The molecule has 0 radical (unpaired) electrons. The minimum absolute atomic E-state index is 0.0297. The number of rotatable bonds is 6. The van der Waals surface area contributed by atoms with Crippen molar-refractivity contribution in [2.24, 2.45) is 0 Å². The number of piperazine rings is 1. The predicted octanol–water partition coefficient (Wildman–Crippen LogP) is 4.02. The van der Waals surface area contributed by atoms with E-state index in [-0.39, 0.29) is 23.8 Å². The molecule has 1 aliphatic carbocycles. The van der Waals surface area contributed by atoms with Crippen LogP contribution in [0.15, 0.2) is 24.5 Å². The topological polar surface area (TPSA) is 71.3 Å². The van der Waals surface area contributed by atoms with Crippen molar-refractivity contribution < 1.29 is 9.13 Å². The molecule has 2 fully saturated rings. The second-order valence-corrected chi connectivity index (χ2v) is 9.47. The maximum atomic E-state index is 14.4. The monoisotopic (exact) mass is 467 g/mol. The maximum Gasteiger partial charge on any atom is 0.250 e. The van der Waals surface area contributed by atoms with Crippen molar-refractivity contribution in [3.8, 4) is 5.88 Å². The van der Waals surface area contributed by atoms with Crippen molar-refractivity contribution in [3.63, 3.8) is 0 Å². The normalized spacial score (nSPS) is 21.7. The Balaban J connectivity index is 1.37. The first kappa shape index (κ1) is 22.8. The lowest BCUT2D eigenvalue weighted by atomic mass is 9.93. The molecule has 0 bridgehead atoms. The van der Waals surface area contributed by atoms with Gasteiger partial charge < -0.3 is 19.9 Å². The summed E-state index contributed by atoms with van der Waals surface area (Å²) >= 11 is 0. The van der Waals surface area contributed by atoms with Crippen molar-refractivity contribution in [2.45, 2.75) is 51.7 Å². The Morgan fingerprint density at radius 2 is 1.88 bits per heavy atom. The van der Waals surface area contributed by atoms with Gasteiger partial charge in [0.1, 0.15) is 11.9 Å². The Hall–Kier alpha value is -2.94. The minimum Gasteiger partial charge on any atom is -0.472 e. The lowest BCUT2D eigenvalue weighted by molar-refractivity contribution is 0.120. The highest BCUT2D eigenvalue weighted by Crippen LogP contribution is 2.36. The van der Waals surface area contributed by atoms with E-state index in [9.17, 15) is 4.39 Å². The standard InChI is InChI=1S/C25H34FN7O/c1-4-27-22-15-21-20(16-29-22)24(32-13-11-31(3)12-14-32)30-33(21)18-5-7-19(8-6-18)34-25-23(26)17(2)9-10-28-25/h9-10,15-16,18-19H,4-8,11-14H2,1-3H3,(H,27,29). The molecule has 0 unspecified atom stereocenters. The van der Waals surface area contributed by atoms with Gasteiger partial charge in [0.25, 0.3) is 5.88 Å². The summed E-state index contributed by atoms with van der Waals surface area (Å²) in [4.78, 5) is 13.5. The molecule has 1 aliphatic heterocycles. The van der Waals surface area contributed by atoms with E-state index in [1.807, 2.05) is 6.20 Å². The summed E-state index contributed by atoms with van der Waals surface area (Å²) < 4.78 is 22.5. The lowest BCUT2D eigenvalue weighted by Gasteiger charge is -2.33. The van der Waals surface area contributed by atoms with Crippen LogP contribution < -0.4 is 15.0 Å². The fraction of sp³-hybridized carbons (Fsp3) is 0.560. The fourth-order valence-corrected chi connectivity index (χ4v) is 4.99. The van der Waals surface area contributed by atoms with E-state index in [0.29, 0.717) is 5.56 Å². The van der Waals surface area contributed by atoms with Gasteiger partial charge >= 0.3 is 0 Å². The van der Waals surface area contributed by atoms with Crippen LogP contribution in [0.4, 0.5) is 16.0 Å². The van der Waals surface area contributed by atoms with Gasteiger partial charge in [0.15, 0.2) is 11.6 Å². The van der Waals surface area contributed by atoms with Crippen LogP contribution in [-0.2, 0) is 0 Å². The first-order chi connectivity index (χ1) is 16.5. The summed E-state index contributed by atoms with van der Waals surface area (Å²) in [7, 11) is 2.16. The predicted molar refractivity (Wildman–Crippen MR) is 132 cm³/mol. The quantitative estimate of drug-likeness (QED) is 0.587. The van der Waals surface area contributed by atoms with Crippen LogP contribution in [-0.4, -0.2) is 70.5 Å². The number of hydrogen-bond acceptors (Lipinski definition) is 7. The number of aromatic nitrogens is 4. The molecule has 4 heterocycles. The Morgan fingerprint density at radius 3 is 2.62 bits per heavy atom. The van der Waals surface area contributed by atoms with E-state index in [1.54, 1.807) is 19.2 Å². The summed E-state index contributed by atoms with van der Waals surface area (Å²) in [5.41, 5.74) is 1.68. The number of pyridine rings is 2. The van der Waals surface area contributed by atoms with Crippen LogP contribution in [0.3, 0.4) is 0 Å². The first-order valence-electron chi connectivity index (χ1n) is 12.4. The van der Waals surface area contributed by atoms with Gasteiger partial charge in [-0.1, -0.05) is 0 Å². The largest absolute Gasteiger partial charge is 0.472 e. The van der Waals surface area contributed by atoms with Crippen molar-refractivity contribution in [1.29, 1.82) is 0 Å². The van der Waals surface area contributed by atoms with Gasteiger partial charge in [-0.2, -0.15) is 5.10 Å². The summed E-state index contributed by atoms with van der Waals surface area (Å²) in [5, 5.41) is 9.58. The smallest absolute Gasteiger partial charge is 0.250 e. The van der Waals surface area contributed by atoms with Gasteiger partial charge in [-0.25, -0.2) is 14.4 Å². The average molecular weight is 468 g/mol. The summed E-state index contributed by atoms with van der Waals surface area (Å²) in [6.45, 7) is 8.63. The third-order valence-electron chi connectivity index (χ3n) is 7.05. The third-order valence-corrected chi connectivity index (χ3v) is 7.05. The number of hydrogen-bond donors (Lipinski definition) is 1. The highest BCUT2D eigenvalue weighted by molar-refractivity contribution is 5.91. The SMILES string of the molecule is CCNc1cc2c(cn1)c(N1CCN(C)CC1)nn2C1CCC(Oc2nccc(C)c2F)CC1. The van der Waals surface area contributed by atoms with Crippen molar-refractivity contribution >= 4 is 22.5 Å². The fourth-order valence-electron chi connectivity index (χ4n) is 4.99. The maximum absolute atomic E-state index is 14.4. The molecule has 3 aromatic heterocycles. The Labute approximate surface area is 200 Å².